The van der Waals surface area contributed by atoms with Gasteiger partial charge in [0.2, 0.25) is 0 Å². The van der Waals surface area contributed by atoms with Crippen LogP contribution >= 0.6 is 0 Å². The van der Waals surface area contributed by atoms with Crippen LogP contribution in [0.25, 0.3) is 0 Å². The first-order valence-electron chi connectivity index (χ1n) is 6.77. The van der Waals surface area contributed by atoms with Crippen molar-refractivity contribution in [2.24, 2.45) is 0 Å². The van der Waals surface area contributed by atoms with Crippen LogP contribution in [-0.4, -0.2) is 41.0 Å². The summed E-state index contributed by atoms with van der Waals surface area (Å²) >= 11 is 0. The predicted octanol–water partition coefficient (Wildman–Crippen LogP) is 1.04. The fourth-order valence-corrected chi connectivity index (χ4v) is 2.19. The second kappa shape index (κ2) is 5.42. The lowest BCUT2D eigenvalue weighted by Gasteiger charge is -2.20. The first-order chi connectivity index (χ1) is 9.35. The van der Waals surface area contributed by atoms with Crippen LogP contribution < -0.4 is 10.1 Å². The molecule has 1 aliphatic rings. The van der Waals surface area contributed by atoms with E-state index in [0.717, 1.165) is 5.56 Å². The molecule has 0 spiro atoms. The molecule has 1 aromatic carbocycles. The Hall–Kier alpha value is -1.59. The van der Waals surface area contributed by atoms with Gasteiger partial charge >= 0.3 is 0 Å². The highest BCUT2D eigenvalue weighted by Crippen LogP contribution is 2.40. The van der Waals surface area contributed by atoms with Crippen molar-refractivity contribution in [2.45, 2.75) is 38.4 Å². The zero-order chi connectivity index (χ0) is 14.9. The third kappa shape index (κ3) is 2.78. The molecule has 3 atom stereocenters. The Balaban J connectivity index is 2.17. The zero-order valence-electron chi connectivity index (χ0n) is 12.0. The van der Waals surface area contributed by atoms with Crippen LogP contribution in [0, 0.1) is 0 Å². The van der Waals surface area contributed by atoms with E-state index in [-0.39, 0.29) is 24.5 Å². The average Bonchev–Trinajstić information content (AvgIpc) is 2.72. The number of para-hydroxylation sites is 1. The molecular weight excluding hydrogens is 258 g/mol. The molecule has 1 heterocycles. The molecule has 0 radical (unpaired) electrons. The Labute approximate surface area is 118 Å². The maximum absolute atomic E-state index is 12.2. The van der Waals surface area contributed by atoms with E-state index < -0.39 is 12.2 Å². The van der Waals surface area contributed by atoms with Gasteiger partial charge in [-0.15, -0.1) is 0 Å². The standard InChI is InChI=1S/C15H21NO4/c1-9-10(2)20-13-11(9)5-4-6-12(13)14(18)16-7-15(3,19)8-17/h4-6,9-10,17,19H,7-8H2,1-3H3,(H,16,18). The molecule has 1 aliphatic heterocycles. The molecule has 2 rings (SSSR count). The Bertz CT molecular complexity index is 513. The van der Waals surface area contributed by atoms with Crippen molar-refractivity contribution in [3.8, 4) is 5.75 Å². The van der Waals surface area contributed by atoms with Crippen molar-refractivity contribution in [3.05, 3.63) is 29.3 Å². The van der Waals surface area contributed by atoms with E-state index in [0.29, 0.717) is 11.3 Å². The van der Waals surface area contributed by atoms with Crippen molar-refractivity contribution in [2.75, 3.05) is 13.2 Å². The smallest absolute Gasteiger partial charge is 0.255 e. The number of carbonyl (C=O) groups excluding carboxylic acids is 1. The number of aliphatic hydroxyl groups is 2. The van der Waals surface area contributed by atoms with Gasteiger partial charge in [-0.3, -0.25) is 4.79 Å². The third-order valence-corrected chi connectivity index (χ3v) is 3.76. The summed E-state index contributed by atoms with van der Waals surface area (Å²) in [6, 6.07) is 5.49. The maximum Gasteiger partial charge on any atom is 0.255 e. The number of amides is 1. The maximum atomic E-state index is 12.2. The third-order valence-electron chi connectivity index (χ3n) is 3.76. The molecule has 0 aromatic heterocycles. The fraction of sp³-hybridized carbons (Fsp3) is 0.533. The van der Waals surface area contributed by atoms with E-state index >= 15 is 0 Å². The second-order valence-corrected chi connectivity index (χ2v) is 5.67. The van der Waals surface area contributed by atoms with Crippen molar-refractivity contribution < 1.29 is 19.7 Å². The van der Waals surface area contributed by atoms with Gasteiger partial charge in [0.25, 0.3) is 5.91 Å². The molecule has 0 saturated carbocycles. The van der Waals surface area contributed by atoms with Gasteiger partial charge in [-0.25, -0.2) is 0 Å². The summed E-state index contributed by atoms with van der Waals surface area (Å²) in [5.74, 6) is 0.559. The molecule has 1 amide bonds. The van der Waals surface area contributed by atoms with Crippen LogP contribution in [0.3, 0.4) is 0 Å². The molecule has 1 aromatic rings. The minimum Gasteiger partial charge on any atom is -0.489 e. The molecule has 0 aliphatic carbocycles. The highest BCUT2D eigenvalue weighted by Gasteiger charge is 2.31. The fourth-order valence-electron chi connectivity index (χ4n) is 2.19. The first-order valence-corrected chi connectivity index (χ1v) is 6.77. The van der Waals surface area contributed by atoms with Crippen LogP contribution in [0.15, 0.2) is 18.2 Å². The highest BCUT2D eigenvalue weighted by molar-refractivity contribution is 5.97. The Morgan fingerprint density at radius 2 is 2.15 bits per heavy atom. The molecule has 5 nitrogen and oxygen atoms in total. The number of nitrogens with one attached hydrogen (secondary N) is 1. The molecule has 0 bridgehead atoms. The first kappa shape index (κ1) is 14.8. The minimum atomic E-state index is -1.32. The number of aliphatic hydroxyl groups excluding tert-OH is 1. The Morgan fingerprint density at radius 1 is 1.45 bits per heavy atom. The van der Waals surface area contributed by atoms with Gasteiger partial charge in [0.05, 0.1) is 12.2 Å². The van der Waals surface area contributed by atoms with Crippen LogP contribution in [-0.2, 0) is 0 Å². The average molecular weight is 279 g/mol. The largest absolute Gasteiger partial charge is 0.489 e. The molecule has 20 heavy (non-hydrogen) atoms. The lowest BCUT2D eigenvalue weighted by molar-refractivity contribution is 0.00317. The van der Waals surface area contributed by atoms with Crippen LogP contribution in [0.1, 0.15) is 42.6 Å². The molecule has 0 fully saturated rings. The monoisotopic (exact) mass is 279 g/mol. The molecule has 5 heteroatoms. The summed E-state index contributed by atoms with van der Waals surface area (Å²) in [4.78, 5) is 12.2. The van der Waals surface area contributed by atoms with E-state index in [1.54, 1.807) is 6.07 Å². The van der Waals surface area contributed by atoms with Crippen LogP contribution in [0.5, 0.6) is 5.75 Å². The van der Waals surface area contributed by atoms with E-state index in [2.05, 4.69) is 12.2 Å². The second-order valence-electron chi connectivity index (χ2n) is 5.67. The summed E-state index contributed by atoms with van der Waals surface area (Å²) in [6.07, 6.45) is 0.0412. The minimum absolute atomic E-state index is 0.0168. The topological polar surface area (TPSA) is 78.8 Å². The number of hydrogen-bond donors (Lipinski definition) is 3. The molecule has 0 saturated heterocycles. The van der Waals surface area contributed by atoms with Crippen molar-refractivity contribution in [3.63, 3.8) is 0 Å². The Morgan fingerprint density at radius 3 is 2.80 bits per heavy atom. The molecule has 3 N–H and O–H groups in total. The summed E-state index contributed by atoms with van der Waals surface area (Å²) < 4.78 is 5.76. The lowest BCUT2D eigenvalue weighted by atomic mass is 9.96. The highest BCUT2D eigenvalue weighted by atomic mass is 16.5. The van der Waals surface area contributed by atoms with Gasteiger partial charge in [0, 0.05) is 18.0 Å². The molecule has 3 unspecified atom stereocenters. The van der Waals surface area contributed by atoms with Crippen LogP contribution in [0.2, 0.25) is 0 Å². The van der Waals surface area contributed by atoms with Crippen molar-refractivity contribution in [1.29, 1.82) is 0 Å². The normalized spacial score (nSPS) is 23.6. The molecule has 110 valence electrons. The summed E-state index contributed by atoms with van der Waals surface area (Å²) in [5, 5.41) is 21.3. The number of hydrogen-bond acceptors (Lipinski definition) is 4. The van der Waals surface area contributed by atoms with Crippen LogP contribution in [0.4, 0.5) is 0 Å². The number of rotatable bonds is 4. The van der Waals surface area contributed by atoms with Gasteiger partial charge < -0.3 is 20.3 Å². The lowest BCUT2D eigenvalue weighted by Crippen LogP contribution is -2.43. The van der Waals surface area contributed by atoms with Gasteiger partial charge in [-0.05, 0) is 19.9 Å². The predicted molar refractivity (Wildman–Crippen MR) is 75.0 cm³/mol. The Kier molecular flexibility index (Phi) is 4.01. The van der Waals surface area contributed by atoms with Gasteiger partial charge in [-0.1, -0.05) is 19.1 Å². The van der Waals surface area contributed by atoms with Gasteiger partial charge in [0.15, 0.2) is 0 Å². The molecular formula is C15H21NO4. The van der Waals surface area contributed by atoms with Gasteiger partial charge in [0.1, 0.15) is 17.5 Å². The number of ether oxygens (including phenoxy) is 1. The quantitative estimate of drug-likeness (QED) is 0.769. The van der Waals surface area contributed by atoms with Gasteiger partial charge in [-0.2, -0.15) is 0 Å². The zero-order valence-corrected chi connectivity index (χ0v) is 12.0. The summed E-state index contributed by atoms with van der Waals surface area (Å²) in [5.41, 5.74) is 0.168. The summed E-state index contributed by atoms with van der Waals surface area (Å²) in [7, 11) is 0. The number of fused-ring (bicyclic) bond motifs is 1. The van der Waals surface area contributed by atoms with Crippen molar-refractivity contribution >= 4 is 5.91 Å². The summed E-state index contributed by atoms with van der Waals surface area (Å²) in [6.45, 7) is 5.07. The van der Waals surface area contributed by atoms with E-state index in [1.165, 1.54) is 6.92 Å². The number of benzene rings is 1. The number of carbonyl (C=O) groups is 1. The SMILES string of the molecule is CC1Oc2c(C(=O)NCC(C)(O)CO)cccc2C1C. The van der Waals surface area contributed by atoms with E-state index in [4.69, 9.17) is 9.84 Å². The van der Waals surface area contributed by atoms with E-state index in [1.807, 2.05) is 19.1 Å². The van der Waals surface area contributed by atoms with Crippen molar-refractivity contribution in [1.82, 2.24) is 5.32 Å². The van der Waals surface area contributed by atoms with E-state index in [9.17, 15) is 9.90 Å².